The Hall–Kier alpha value is -0.0800. The molecule has 3 aliphatic rings. The van der Waals surface area contributed by atoms with Crippen molar-refractivity contribution < 1.29 is 0 Å². The molecule has 0 aromatic heterocycles. The third-order valence-electron chi connectivity index (χ3n) is 6.89. The number of hydrogen-bond donors (Lipinski definition) is 0. The monoisotopic (exact) mass is 320 g/mol. The Balaban J connectivity index is 1.73. The van der Waals surface area contributed by atoms with Crippen molar-refractivity contribution in [1.82, 2.24) is 9.80 Å². The van der Waals surface area contributed by atoms with Gasteiger partial charge in [0.05, 0.1) is 6.17 Å². The lowest BCUT2D eigenvalue weighted by molar-refractivity contribution is -0.0653. The van der Waals surface area contributed by atoms with Crippen LogP contribution in [0.2, 0.25) is 0 Å². The number of rotatable bonds is 8. The van der Waals surface area contributed by atoms with Gasteiger partial charge in [-0.25, -0.2) is 0 Å². The second kappa shape index (κ2) is 8.34. The summed E-state index contributed by atoms with van der Waals surface area (Å²) in [7, 11) is 0. The normalized spacial score (nSPS) is 38.0. The van der Waals surface area contributed by atoms with Gasteiger partial charge in [0.1, 0.15) is 0 Å². The molecule has 0 saturated carbocycles. The van der Waals surface area contributed by atoms with Crippen LogP contribution >= 0.6 is 0 Å². The maximum absolute atomic E-state index is 3.03. The first kappa shape index (κ1) is 17.7. The molecule has 134 valence electrons. The van der Waals surface area contributed by atoms with Crippen LogP contribution in [0.25, 0.3) is 0 Å². The highest BCUT2D eigenvalue weighted by molar-refractivity contribution is 5.03. The highest BCUT2D eigenvalue weighted by Gasteiger charge is 2.50. The van der Waals surface area contributed by atoms with Gasteiger partial charge in [0, 0.05) is 24.2 Å². The fraction of sp³-hybridized carbons (Fsp3) is 1.00. The predicted molar refractivity (Wildman–Crippen MR) is 99.7 cm³/mol. The van der Waals surface area contributed by atoms with Crippen LogP contribution in [0.1, 0.15) is 104 Å². The summed E-state index contributed by atoms with van der Waals surface area (Å²) in [5.74, 6) is 0. The first-order valence-corrected chi connectivity index (χ1v) is 10.8. The van der Waals surface area contributed by atoms with E-state index in [2.05, 4.69) is 30.6 Å². The summed E-state index contributed by atoms with van der Waals surface area (Å²) in [4.78, 5) is 6.04. The smallest absolute Gasteiger partial charge is 0.0632 e. The van der Waals surface area contributed by atoms with Crippen molar-refractivity contribution in [3.63, 3.8) is 0 Å². The predicted octanol–water partition coefficient (Wildman–Crippen LogP) is 5.56. The van der Waals surface area contributed by atoms with E-state index in [-0.39, 0.29) is 0 Å². The number of nitrogens with zero attached hydrogens (tertiary/aromatic N) is 2. The molecular weight excluding hydrogens is 280 g/mol. The van der Waals surface area contributed by atoms with Crippen LogP contribution in [0, 0.1) is 0 Å². The van der Waals surface area contributed by atoms with Crippen molar-refractivity contribution in [3.05, 3.63) is 0 Å². The standard InChI is InChI=1S/C21H40N2/c1-4-7-8-11-19-16-20-13-12-17(9-5-2)23(20)21-15-14-18(10-6-3)22(19)21/h17-21H,4-16H2,1-3H3/t17-,18-,19+,20-,21-/m0/s1. The quantitative estimate of drug-likeness (QED) is 0.540. The third kappa shape index (κ3) is 3.63. The number of unbranched alkanes of at least 4 members (excludes halogenated alkanes) is 2. The molecule has 3 aliphatic heterocycles. The van der Waals surface area contributed by atoms with E-state index < -0.39 is 0 Å². The molecule has 0 aromatic carbocycles. The molecule has 5 atom stereocenters. The van der Waals surface area contributed by atoms with Gasteiger partial charge in [0.15, 0.2) is 0 Å². The zero-order valence-corrected chi connectivity index (χ0v) is 16.0. The summed E-state index contributed by atoms with van der Waals surface area (Å²) in [6.45, 7) is 7.09. The maximum atomic E-state index is 3.03. The average Bonchev–Trinajstić information content (AvgIpc) is 3.13. The molecule has 0 bridgehead atoms. The van der Waals surface area contributed by atoms with E-state index in [4.69, 9.17) is 0 Å². The van der Waals surface area contributed by atoms with Crippen LogP contribution < -0.4 is 0 Å². The Morgan fingerprint density at radius 1 is 0.652 bits per heavy atom. The highest BCUT2D eigenvalue weighted by atomic mass is 15.4. The van der Waals surface area contributed by atoms with Gasteiger partial charge in [-0.1, -0.05) is 52.9 Å². The number of hydrogen-bond acceptors (Lipinski definition) is 2. The Labute approximate surface area is 145 Å². The molecular formula is C21H40N2. The van der Waals surface area contributed by atoms with Gasteiger partial charge in [0.25, 0.3) is 0 Å². The Bertz CT molecular complexity index is 356. The SMILES string of the molecule is CCCCC[C@@H]1C[C@@H]2CC[C@H](CCC)N2[C@H]2CC[C@H](CCC)N12. The molecule has 0 aromatic rings. The fourth-order valence-electron chi connectivity index (χ4n) is 6.02. The van der Waals surface area contributed by atoms with Crippen molar-refractivity contribution in [2.75, 3.05) is 0 Å². The summed E-state index contributed by atoms with van der Waals surface area (Å²) in [5, 5.41) is 0. The van der Waals surface area contributed by atoms with Crippen molar-refractivity contribution in [2.45, 2.75) is 135 Å². The lowest BCUT2D eigenvalue weighted by Gasteiger charge is -2.51. The van der Waals surface area contributed by atoms with Gasteiger partial charge >= 0.3 is 0 Å². The van der Waals surface area contributed by atoms with E-state index >= 15 is 0 Å². The fourth-order valence-corrected chi connectivity index (χ4v) is 6.02. The molecule has 0 N–H and O–H groups in total. The summed E-state index contributed by atoms with van der Waals surface area (Å²) in [6, 6.07) is 3.60. The number of fused-ring (bicyclic) bond motifs is 3. The second-order valence-electron chi connectivity index (χ2n) is 8.45. The molecule has 3 fully saturated rings. The van der Waals surface area contributed by atoms with Crippen LogP contribution in [0.4, 0.5) is 0 Å². The first-order valence-electron chi connectivity index (χ1n) is 10.8. The molecule has 3 rings (SSSR count). The van der Waals surface area contributed by atoms with E-state index in [1.165, 1.54) is 83.5 Å². The summed E-state index contributed by atoms with van der Waals surface area (Å²) < 4.78 is 0. The summed E-state index contributed by atoms with van der Waals surface area (Å²) in [6.07, 6.45) is 19.4. The zero-order valence-electron chi connectivity index (χ0n) is 16.0. The molecule has 23 heavy (non-hydrogen) atoms. The van der Waals surface area contributed by atoms with Gasteiger partial charge in [-0.3, -0.25) is 9.80 Å². The molecule has 0 radical (unpaired) electrons. The van der Waals surface area contributed by atoms with Gasteiger partial charge in [-0.15, -0.1) is 0 Å². The minimum Gasteiger partial charge on any atom is -0.282 e. The maximum Gasteiger partial charge on any atom is 0.0632 e. The first-order chi connectivity index (χ1) is 11.3. The summed E-state index contributed by atoms with van der Waals surface area (Å²) in [5.41, 5.74) is 0. The molecule has 0 spiro atoms. The van der Waals surface area contributed by atoms with Gasteiger partial charge < -0.3 is 0 Å². The van der Waals surface area contributed by atoms with E-state index in [0.29, 0.717) is 0 Å². The molecule has 0 unspecified atom stereocenters. The van der Waals surface area contributed by atoms with Crippen LogP contribution in [0.15, 0.2) is 0 Å². The largest absolute Gasteiger partial charge is 0.282 e. The molecule has 2 heteroatoms. The average molecular weight is 321 g/mol. The Morgan fingerprint density at radius 3 is 2.04 bits per heavy atom. The van der Waals surface area contributed by atoms with Crippen molar-refractivity contribution in [3.8, 4) is 0 Å². The van der Waals surface area contributed by atoms with Crippen LogP contribution in [0.3, 0.4) is 0 Å². The third-order valence-corrected chi connectivity index (χ3v) is 6.89. The molecule has 2 nitrogen and oxygen atoms in total. The van der Waals surface area contributed by atoms with Crippen molar-refractivity contribution in [2.24, 2.45) is 0 Å². The van der Waals surface area contributed by atoms with Gasteiger partial charge in [0.2, 0.25) is 0 Å². The van der Waals surface area contributed by atoms with Crippen molar-refractivity contribution in [1.29, 1.82) is 0 Å². The van der Waals surface area contributed by atoms with Crippen molar-refractivity contribution >= 4 is 0 Å². The second-order valence-corrected chi connectivity index (χ2v) is 8.45. The van der Waals surface area contributed by atoms with E-state index in [1.54, 1.807) is 0 Å². The molecule has 0 amide bonds. The lowest BCUT2D eigenvalue weighted by atomic mass is 9.93. The lowest BCUT2D eigenvalue weighted by Crippen LogP contribution is -2.61. The van der Waals surface area contributed by atoms with Crippen LogP contribution in [-0.4, -0.2) is 40.1 Å². The van der Waals surface area contributed by atoms with E-state index in [0.717, 1.165) is 30.3 Å². The van der Waals surface area contributed by atoms with Crippen LogP contribution in [0.5, 0.6) is 0 Å². The van der Waals surface area contributed by atoms with E-state index in [1.807, 2.05) is 0 Å². The zero-order chi connectivity index (χ0) is 16.2. The molecule has 0 aliphatic carbocycles. The minimum atomic E-state index is 0.802. The van der Waals surface area contributed by atoms with Gasteiger partial charge in [-0.05, 0) is 51.4 Å². The highest BCUT2D eigenvalue weighted by Crippen LogP contribution is 2.45. The van der Waals surface area contributed by atoms with Crippen LogP contribution in [-0.2, 0) is 0 Å². The summed E-state index contributed by atoms with van der Waals surface area (Å²) >= 11 is 0. The Morgan fingerprint density at radius 2 is 1.35 bits per heavy atom. The molecule has 3 heterocycles. The van der Waals surface area contributed by atoms with E-state index in [9.17, 15) is 0 Å². The van der Waals surface area contributed by atoms with Gasteiger partial charge in [-0.2, -0.15) is 0 Å². The topological polar surface area (TPSA) is 6.48 Å². The molecule has 3 saturated heterocycles. The minimum absolute atomic E-state index is 0.802. The Kier molecular flexibility index (Phi) is 6.43.